The molecule has 0 aromatic carbocycles. The van der Waals surface area contributed by atoms with E-state index in [1.165, 1.54) is 0 Å². The van der Waals surface area contributed by atoms with Crippen molar-refractivity contribution in [3.8, 4) is 0 Å². The lowest BCUT2D eigenvalue weighted by molar-refractivity contribution is -0.461. The van der Waals surface area contributed by atoms with Crippen molar-refractivity contribution in [3.63, 3.8) is 0 Å². The monoisotopic (exact) mass is 1070 g/mol. The fourth-order valence-corrected chi connectivity index (χ4v) is 10.5. The normalized spacial score (nSPS) is 17.8. The lowest BCUT2D eigenvalue weighted by atomic mass is 9.88. The molecule has 0 saturated carbocycles. The molecule has 1 rings (SSSR count). The molecule has 0 heterocycles. The SMILES string of the molecule is C[Si](C)(CCC(F)(F)C(F)(F)C(F)(F)C(F)(F)C(F)(F)C(F)(F)C(F)(F)C(F)(F)F)C1=CC=C([Si](C)(C)CCC(F)(F)C(F)(F)C(F)(F)C(F)(F)C(F)(F)C(F)(F)C(F)(F)C(F)(F)F)C1. The van der Waals surface area contributed by atoms with Crippen LogP contribution in [0.15, 0.2) is 22.5 Å². The van der Waals surface area contributed by atoms with Gasteiger partial charge in [0.05, 0.1) is 16.1 Å². The van der Waals surface area contributed by atoms with Crippen LogP contribution < -0.4 is 0 Å². The highest BCUT2D eigenvalue weighted by Gasteiger charge is 2.97. The summed E-state index contributed by atoms with van der Waals surface area (Å²) in [5.41, 5.74) is 0. The van der Waals surface area contributed by atoms with E-state index < -0.39 is 143 Å². The van der Waals surface area contributed by atoms with Crippen molar-refractivity contribution < 1.29 is 149 Å². The predicted molar refractivity (Wildman–Crippen MR) is 156 cm³/mol. The smallest absolute Gasteiger partial charge is 0.200 e. The highest BCUT2D eigenvalue weighted by Crippen LogP contribution is 2.66. The Hall–Kier alpha value is -2.47. The summed E-state index contributed by atoms with van der Waals surface area (Å²) in [6.07, 6.45) is -21.1. The van der Waals surface area contributed by atoms with Crippen LogP contribution in [0, 0.1) is 0 Å². The lowest BCUT2D eigenvalue weighted by Crippen LogP contribution is -2.74. The fourth-order valence-electron chi connectivity index (χ4n) is 5.42. The average Bonchev–Trinajstić information content (AvgIpc) is 3.61. The number of rotatable bonds is 20. The van der Waals surface area contributed by atoms with Gasteiger partial charge in [0.25, 0.3) is 0 Å². The van der Waals surface area contributed by atoms with Crippen LogP contribution in [0.25, 0.3) is 0 Å². The third kappa shape index (κ3) is 8.68. The van der Waals surface area contributed by atoms with Gasteiger partial charge in [0.15, 0.2) is 0 Å². The van der Waals surface area contributed by atoms with Crippen LogP contribution in [-0.2, 0) is 0 Å². The van der Waals surface area contributed by atoms with Gasteiger partial charge in [-0.25, -0.2) is 0 Å². The fraction of sp³-hybridized carbons (Fsp3) is 0.862. The van der Waals surface area contributed by atoms with E-state index in [-0.39, 0.29) is 10.4 Å². The van der Waals surface area contributed by atoms with Crippen LogP contribution in [0.2, 0.25) is 38.3 Å². The second kappa shape index (κ2) is 16.0. The topological polar surface area (TPSA) is 0 Å². The zero-order chi connectivity index (χ0) is 53.1. The number of alkyl halides is 34. The maximum Gasteiger partial charge on any atom is 0.460 e. The van der Waals surface area contributed by atoms with E-state index in [1.807, 2.05) is 0 Å². The summed E-state index contributed by atoms with van der Waals surface area (Å²) < 4.78 is 463. The number of allylic oxidation sites excluding steroid dienone is 4. The van der Waals surface area contributed by atoms with Crippen LogP contribution in [0.1, 0.15) is 19.3 Å². The second-order valence-corrected chi connectivity index (χ2v) is 25.4. The van der Waals surface area contributed by atoms with Gasteiger partial charge in [-0.2, -0.15) is 149 Å². The van der Waals surface area contributed by atoms with Crippen molar-refractivity contribution in [2.24, 2.45) is 0 Å². The average molecular weight is 1070 g/mol. The van der Waals surface area contributed by atoms with Gasteiger partial charge in [-0.3, -0.25) is 0 Å². The lowest BCUT2D eigenvalue weighted by Gasteiger charge is -2.43. The Bertz CT molecular complexity index is 1660. The van der Waals surface area contributed by atoms with Gasteiger partial charge >= 0.3 is 95.3 Å². The van der Waals surface area contributed by atoms with E-state index in [1.54, 1.807) is 0 Å². The maximum absolute atomic E-state index is 14.6. The number of hydrogen-bond donors (Lipinski definition) is 0. The van der Waals surface area contributed by atoms with Crippen molar-refractivity contribution >= 4 is 16.1 Å². The van der Waals surface area contributed by atoms with E-state index in [2.05, 4.69) is 0 Å². The van der Waals surface area contributed by atoms with Gasteiger partial charge in [-0.15, -0.1) is 0 Å². The van der Waals surface area contributed by atoms with Crippen molar-refractivity contribution in [1.29, 1.82) is 0 Å². The summed E-state index contributed by atoms with van der Waals surface area (Å²) in [5, 5.41) is -0.737. The van der Waals surface area contributed by atoms with Crippen molar-refractivity contribution in [2.45, 2.75) is 153 Å². The Kier molecular flexibility index (Phi) is 14.9. The molecule has 0 aliphatic heterocycles. The standard InChI is InChI=1S/C29H24F34Si2/c1-64(2,9-7-14(30,31)16(34,35)18(38,39)20(42,43)22(46,47)24(50,51)26(54,55)28(58,59)60)12-5-6-13(11-12)65(3,4)10-8-15(32,33)17(36,37)19(40,41)21(44,45)23(48,49)25(52,53)27(56,57)29(61,62)63/h5-6H,7-11H2,1-4H3. The molecule has 0 nitrogen and oxygen atoms in total. The van der Waals surface area contributed by atoms with E-state index in [0.717, 1.165) is 38.3 Å². The Morgan fingerprint density at radius 1 is 0.292 bits per heavy atom. The van der Waals surface area contributed by atoms with Crippen LogP contribution >= 0.6 is 0 Å². The van der Waals surface area contributed by atoms with E-state index >= 15 is 0 Å². The molecular formula is C29H24F34Si2. The van der Waals surface area contributed by atoms with Crippen LogP contribution in [0.3, 0.4) is 0 Å². The van der Waals surface area contributed by atoms with Gasteiger partial charge in [0, 0.05) is 12.8 Å². The molecule has 0 spiro atoms. The minimum absolute atomic E-state index is 0.369. The molecule has 1 aliphatic rings. The predicted octanol–water partition coefficient (Wildman–Crippen LogP) is 15.5. The Labute approximate surface area is 341 Å². The van der Waals surface area contributed by atoms with Gasteiger partial charge < -0.3 is 0 Å². The highest BCUT2D eigenvalue weighted by molar-refractivity contribution is 6.87. The Morgan fingerprint density at radius 3 is 0.646 bits per heavy atom. The van der Waals surface area contributed by atoms with Crippen molar-refractivity contribution in [1.82, 2.24) is 0 Å². The summed E-state index contributed by atoms with van der Waals surface area (Å²) in [7, 11) is -8.21. The molecule has 0 aromatic rings. The van der Waals surface area contributed by atoms with Crippen LogP contribution in [0.4, 0.5) is 149 Å². The molecule has 0 N–H and O–H groups in total. The maximum atomic E-state index is 14.6. The van der Waals surface area contributed by atoms with Gasteiger partial charge in [-0.05, 0) is 18.5 Å². The molecule has 1 aliphatic carbocycles. The molecule has 0 saturated heterocycles. The molecule has 36 heteroatoms. The van der Waals surface area contributed by atoms with Crippen LogP contribution in [0.5, 0.6) is 0 Å². The molecule has 0 amide bonds. The molecule has 386 valence electrons. The Morgan fingerprint density at radius 2 is 0.462 bits per heavy atom. The molecule has 0 fully saturated rings. The number of halogens is 34. The first-order valence-electron chi connectivity index (χ1n) is 16.5. The highest BCUT2D eigenvalue weighted by atomic mass is 28.3. The Balaban J connectivity index is 3.38. The minimum Gasteiger partial charge on any atom is -0.200 e. The molecule has 0 radical (unpaired) electrons. The molecule has 0 atom stereocenters. The van der Waals surface area contributed by atoms with Crippen molar-refractivity contribution in [3.05, 3.63) is 22.5 Å². The summed E-state index contributed by atoms with van der Waals surface area (Å²) in [6, 6.07) is -3.31. The van der Waals surface area contributed by atoms with E-state index in [9.17, 15) is 149 Å². The third-order valence-corrected chi connectivity index (χ3v) is 17.5. The molecule has 65 heavy (non-hydrogen) atoms. The second-order valence-electron chi connectivity index (χ2n) is 15.6. The number of hydrogen-bond acceptors (Lipinski definition) is 0. The molecular weight excluding hydrogens is 1050 g/mol. The first kappa shape index (κ1) is 60.5. The first-order chi connectivity index (χ1) is 27.6. The minimum atomic E-state index is -8.90. The zero-order valence-corrected chi connectivity index (χ0v) is 33.5. The van der Waals surface area contributed by atoms with Crippen molar-refractivity contribution in [2.75, 3.05) is 0 Å². The molecule has 0 bridgehead atoms. The van der Waals surface area contributed by atoms with E-state index in [0.29, 0.717) is 0 Å². The summed E-state index contributed by atoms with van der Waals surface area (Å²) in [6.45, 7) is 3.11. The van der Waals surface area contributed by atoms with Gasteiger partial charge in [-0.1, -0.05) is 48.7 Å². The molecule has 0 unspecified atom stereocenters. The largest absolute Gasteiger partial charge is 0.460 e. The zero-order valence-electron chi connectivity index (χ0n) is 31.5. The van der Waals surface area contributed by atoms with Crippen LogP contribution in [-0.4, -0.2) is 111 Å². The summed E-state index contributed by atoms with van der Waals surface area (Å²) >= 11 is 0. The quantitative estimate of drug-likeness (QED) is 0.0842. The first-order valence-corrected chi connectivity index (χ1v) is 22.9. The summed E-state index contributed by atoms with van der Waals surface area (Å²) in [5.74, 6) is -117. The van der Waals surface area contributed by atoms with Gasteiger partial charge in [0.1, 0.15) is 0 Å². The van der Waals surface area contributed by atoms with Gasteiger partial charge in [0.2, 0.25) is 0 Å². The third-order valence-electron chi connectivity index (χ3n) is 10.3. The molecule has 0 aromatic heterocycles. The van der Waals surface area contributed by atoms with E-state index in [4.69, 9.17) is 0 Å². The summed E-state index contributed by atoms with van der Waals surface area (Å²) in [4.78, 5) is 0.